The van der Waals surface area contributed by atoms with Crippen molar-refractivity contribution >= 4 is 5.71 Å². The molecule has 0 spiro atoms. The van der Waals surface area contributed by atoms with E-state index in [1.807, 2.05) is 14.0 Å². The van der Waals surface area contributed by atoms with Gasteiger partial charge in [0.1, 0.15) is 0 Å². The van der Waals surface area contributed by atoms with E-state index in [0.717, 1.165) is 49.1 Å². The lowest BCUT2D eigenvalue weighted by atomic mass is 9.42. The Kier molecular flexibility index (Phi) is 15.7. The quantitative estimate of drug-likeness (QED) is 0.118. The Hall–Kier alpha value is -0.790. The molecule has 0 aromatic rings. The second kappa shape index (κ2) is 16.0. The van der Waals surface area contributed by atoms with Gasteiger partial charge in [0.05, 0.1) is 27.2 Å². The number of hydrogen-bond donors (Lipinski definition) is 5. The molecular weight excluding hydrogens is 482 g/mol. The average molecular weight is 553 g/mol. The first-order valence-electron chi connectivity index (χ1n) is 15.4. The molecule has 0 heterocycles. The molecule has 4 saturated carbocycles. The van der Waals surface area contributed by atoms with E-state index >= 15 is 0 Å². The summed E-state index contributed by atoms with van der Waals surface area (Å²) in [5.74, 6) is 2.30. The van der Waals surface area contributed by atoms with Crippen LogP contribution in [0.15, 0.2) is 13.2 Å². The third kappa shape index (κ3) is 8.85. The van der Waals surface area contributed by atoms with Crippen LogP contribution in [-0.4, -0.2) is 68.3 Å². The lowest BCUT2D eigenvalue weighted by molar-refractivity contribution is -0.915. The van der Waals surface area contributed by atoms with Crippen LogP contribution in [0.1, 0.15) is 106 Å². The summed E-state index contributed by atoms with van der Waals surface area (Å²) in [6.07, 6.45) is 11.4. The fraction of sp³-hybridized carbons (Fsp3) is 0.909. The molecule has 6 heteroatoms. The fourth-order valence-corrected chi connectivity index (χ4v) is 8.61. The molecule has 4 rings (SSSR count). The number of aliphatic hydroxyl groups is 1. The molecule has 0 aromatic heterocycles. The van der Waals surface area contributed by atoms with Crippen molar-refractivity contribution in [3.8, 4) is 0 Å². The Morgan fingerprint density at radius 1 is 0.974 bits per heavy atom. The smallest absolute Gasteiger partial charge is 0.0853 e. The molecule has 6 nitrogen and oxygen atoms in total. The predicted octanol–water partition coefficient (Wildman–Crippen LogP) is 6.40. The zero-order valence-corrected chi connectivity index (χ0v) is 26.8. The van der Waals surface area contributed by atoms with Gasteiger partial charge in [0.2, 0.25) is 0 Å². The molecule has 8 atom stereocenters. The summed E-state index contributed by atoms with van der Waals surface area (Å²) in [5.41, 5.74) is 12.0. The van der Waals surface area contributed by atoms with E-state index in [2.05, 4.69) is 72.7 Å². The molecule has 0 bridgehead atoms. The topological polar surface area (TPSA) is 94.2 Å². The minimum absolute atomic E-state index is 0. The minimum atomic E-state index is -0.0846. The van der Waals surface area contributed by atoms with Crippen molar-refractivity contribution in [1.82, 2.24) is 10.7 Å². The summed E-state index contributed by atoms with van der Waals surface area (Å²) in [4.78, 5) is 0. The van der Waals surface area contributed by atoms with Crippen molar-refractivity contribution in [3.05, 3.63) is 13.2 Å². The maximum absolute atomic E-state index is 10.2. The molecule has 4 fully saturated rings. The van der Waals surface area contributed by atoms with Crippen LogP contribution < -0.4 is 16.5 Å². The molecule has 39 heavy (non-hydrogen) atoms. The van der Waals surface area contributed by atoms with Crippen molar-refractivity contribution in [3.63, 3.8) is 0 Å². The molecule has 6 N–H and O–H groups in total. The highest BCUT2D eigenvalue weighted by molar-refractivity contribution is 5.82. The Balaban J connectivity index is 0.000000813. The molecule has 8 unspecified atom stereocenters. The van der Waals surface area contributed by atoms with Crippen molar-refractivity contribution in [2.24, 2.45) is 40.2 Å². The number of rotatable bonds is 5. The molecule has 0 aromatic carbocycles. The molecule has 4 aliphatic carbocycles. The maximum atomic E-state index is 10.2. The first-order chi connectivity index (χ1) is 17.7. The Morgan fingerprint density at radius 2 is 1.51 bits per heavy atom. The normalized spacial score (nSPS) is 38.4. The minimum Gasteiger partial charge on any atom is -0.393 e. The second-order valence-corrected chi connectivity index (χ2v) is 13.9. The number of aliphatic hydroxyl groups excluding tert-OH is 1. The number of hydrogen-bond acceptors (Lipinski definition) is 5. The average Bonchev–Trinajstić information content (AvgIpc) is 3.23. The summed E-state index contributed by atoms with van der Waals surface area (Å²) < 4.78 is 0.855. The molecule has 0 aliphatic heterocycles. The number of nitrogens with zero attached hydrogens (tertiary/aromatic N) is 1. The molecule has 4 aliphatic rings. The summed E-state index contributed by atoms with van der Waals surface area (Å²) in [6, 6.07) is 0. The number of fused-ring (bicyclic) bond motifs is 5. The number of nitrogens with one attached hydrogen (secondary N) is 3. The van der Waals surface area contributed by atoms with Gasteiger partial charge in [-0.3, -0.25) is 4.59 Å². The Bertz CT molecular complexity index is 721. The van der Waals surface area contributed by atoms with Gasteiger partial charge in [-0.1, -0.05) is 35.1 Å². The van der Waals surface area contributed by atoms with E-state index in [-0.39, 0.29) is 24.5 Å². The van der Waals surface area contributed by atoms with Crippen molar-refractivity contribution in [1.29, 1.82) is 5.41 Å². The van der Waals surface area contributed by atoms with E-state index in [0.29, 0.717) is 29.1 Å². The van der Waals surface area contributed by atoms with E-state index in [1.165, 1.54) is 38.5 Å². The standard InChI is InChI=1S/C21H36N2O.C6H17N2.C3H9N.C2H4.CH4/c1-13(22)16-4-5-17-20(16,3)10-8-18-19(2)9-7-15(24)12-14(19)6-11-21(17,18)23;1-5-6-7-8(2,3)4;1-3-4-2;1-2;/h14-18,22,24H,4-12,23H2,1-3H3;7H,5-6H2,1-4H3;4H,3H2,1-2H3;1-2H2;1H4/q;+1;;;. The van der Waals surface area contributed by atoms with Crippen LogP contribution in [0.25, 0.3) is 0 Å². The molecule has 0 amide bonds. The van der Waals surface area contributed by atoms with Gasteiger partial charge >= 0.3 is 0 Å². The highest BCUT2D eigenvalue weighted by atomic mass is 16.3. The largest absolute Gasteiger partial charge is 0.393 e. The van der Waals surface area contributed by atoms with E-state index < -0.39 is 0 Å². The second-order valence-electron chi connectivity index (χ2n) is 13.9. The Labute approximate surface area is 244 Å². The third-order valence-electron chi connectivity index (χ3n) is 10.5. The van der Waals surface area contributed by atoms with Crippen molar-refractivity contribution in [2.45, 2.75) is 118 Å². The monoisotopic (exact) mass is 553 g/mol. The van der Waals surface area contributed by atoms with E-state index in [4.69, 9.17) is 11.1 Å². The lowest BCUT2D eigenvalue weighted by Gasteiger charge is -2.65. The highest BCUT2D eigenvalue weighted by Crippen LogP contribution is 2.68. The number of quaternary nitrogens is 1. The van der Waals surface area contributed by atoms with Gasteiger partial charge in [0, 0.05) is 23.7 Å². The summed E-state index contributed by atoms with van der Waals surface area (Å²) >= 11 is 0. The van der Waals surface area contributed by atoms with Crippen LogP contribution in [0.4, 0.5) is 0 Å². The van der Waals surface area contributed by atoms with Gasteiger partial charge in [-0.2, -0.15) is 5.43 Å². The van der Waals surface area contributed by atoms with Crippen LogP contribution in [-0.2, 0) is 0 Å². The highest BCUT2D eigenvalue weighted by Gasteiger charge is 2.65. The Morgan fingerprint density at radius 3 is 1.97 bits per heavy atom. The van der Waals surface area contributed by atoms with Crippen molar-refractivity contribution < 1.29 is 9.70 Å². The van der Waals surface area contributed by atoms with Gasteiger partial charge in [-0.05, 0) is 113 Å². The van der Waals surface area contributed by atoms with Gasteiger partial charge < -0.3 is 21.6 Å². The predicted molar refractivity (Wildman–Crippen MR) is 172 cm³/mol. The molecule has 0 saturated heterocycles. The molecular formula is C33H70N5O+. The first kappa shape index (κ1) is 38.2. The lowest BCUT2D eigenvalue weighted by Crippen LogP contribution is -2.68. The van der Waals surface area contributed by atoms with Gasteiger partial charge in [0.25, 0.3) is 0 Å². The first-order valence-corrected chi connectivity index (χ1v) is 15.4. The van der Waals surface area contributed by atoms with Gasteiger partial charge in [-0.25, -0.2) is 0 Å². The summed E-state index contributed by atoms with van der Waals surface area (Å²) in [7, 11) is 8.29. The zero-order valence-electron chi connectivity index (χ0n) is 26.8. The maximum Gasteiger partial charge on any atom is 0.0853 e. The molecule has 232 valence electrons. The zero-order chi connectivity index (χ0) is 29.4. The summed E-state index contributed by atoms with van der Waals surface area (Å²) in [6.45, 7) is 19.4. The van der Waals surface area contributed by atoms with Crippen LogP contribution in [0.2, 0.25) is 0 Å². The SMILES string of the molecule is C.C=C.CC(=N)C1CCC2C1(C)CCC1C3(C)CCC(O)CC3CCC12N.CCCN[N+](C)(C)C.CCNC. The van der Waals surface area contributed by atoms with E-state index in [9.17, 15) is 5.11 Å². The van der Waals surface area contributed by atoms with Crippen LogP contribution in [0.5, 0.6) is 0 Å². The fourth-order valence-electron chi connectivity index (χ4n) is 8.61. The van der Waals surface area contributed by atoms with Crippen molar-refractivity contribution in [2.75, 3.05) is 41.3 Å². The number of nitrogens with two attached hydrogens (primary N) is 1. The van der Waals surface area contributed by atoms with Crippen LogP contribution >= 0.6 is 0 Å². The van der Waals surface area contributed by atoms with E-state index in [1.54, 1.807) is 0 Å². The van der Waals surface area contributed by atoms with Gasteiger partial charge in [-0.15, -0.1) is 13.2 Å². The van der Waals surface area contributed by atoms with Crippen LogP contribution in [0, 0.1) is 39.9 Å². The summed E-state index contributed by atoms with van der Waals surface area (Å²) in [5, 5.41) is 21.4. The molecule has 0 radical (unpaired) electrons. The third-order valence-corrected chi connectivity index (χ3v) is 10.5. The van der Waals surface area contributed by atoms with Gasteiger partial charge in [0.15, 0.2) is 0 Å². The van der Waals surface area contributed by atoms with Crippen LogP contribution in [0.3, 0.4) is 0 Å².